The Hall–Kier alpha value is -2.34. The minimum atomic E-state index is 0.124. The molecule has 2 aliphatic rings. The molecule has 4 rings (SSSR count). The van der Waals surface area contributed by atoms with Crippen LogP contribution in [-0.2, 0) is 4.79 Å². The van der Waals surface area contributed by atoms with Crippen LogP contribution in [0, 0.1) is 5.41 Å². The number of aromatic nitrogens is 1. The highest BCUT2D eigenvalue weighted by molar-refractivity contribution is 5.86. The number of nitrogens with zero attached hydrogens (tertiary/aromatic N) is 3. The van der Waals surface area contributed by atoms with E-state index in [9.17, 15) is 4.79 Å². The van der Waals surface area contributed by atoms with Gasteiger partial charge in [-0.05, 0) is 43.9 Å². The van der Waals surface area contributed by atoms with Crippen LogP contribution in [0.1, 0.15) is 32.1 Å². The largest absolute Gasteiger partial charge is 0.494 e. The van der Waals surface area contributed by atoms with Crippen molar-refractivity contribution >= 4 is 22.6 Å². The number of hydrogen-bond donors (Lipinski definition) is 1. The third-order valence-corrected chi connectivity index (χ3v) is 6.21. The average molecular weight is 383 g/mol. The molecule has 2 fully saturated rings. The maximum Gasteiger partial charge on any atom is 0.222 e. The number of pyridine rings is 1. The number of benzene rings is 1. The summed E-state index contributed by atoms with van der Waals surface area (Å²) in [5.74, 6) is 2.00. The lowest BCUT2D eigenvalue weighted by Gasteiger charge is -2.48. The SMILES string of the molecule is COc1cccc2ccc(N3CCCC4(CCC(=O)N(CCCO)C4)C3)nc12. The van der Waals surface area contributed by atoms with Gasteiger partial charge in [0.15, 0.2) is 0 Å². The molecule has 2 saturated heterocycles. The number of aliphatic hydroxyl groups is 1. The summed E-state index contributed by atoms with van der Waals surface area (Å²) in [6.45, 7) is 3.48. The van der Waals surface area contributed by atoms with E-state index in [1.165, 1.54) is 0 Å². The molecule has 0 bridgehead atoms. The molecular weight excluding hydrogens is 354 g/mol. The van der Waals surface area contributed by atoms with Gasteiger partial charge in [0.2, 0.25) is 5.91 Å². The van der Waals surface area contributed by atoms with Gasteiger partial charge in [0, 0.05) is 50.0 Å². The number of piperidine rings is 2. The van der Waals surface area contributed by atoms with Crippen LogP contribution in [0.15, 0.2) is 30.3 Å². The van der Waals surface area contributed by atoms with Gasteiger partial charge in [0.05, 0.1) is 7.11 Å². The van der Waals surface area contributed by atoms with Crippen LogP contribution in [0.2, 0.25) is 0 Å². The number of likely N-dealkylation sites (tertiary alicyclic amines) is 1. The number of methoxy groups -OCH3 is 1. The van der Waals surface area contributed by atoms with Gasteiger partial charge in [-0.15, -0.1) is 0 Å². The molecule has 0 radical (unpaired) electrons. The second-order valence-corrected chi connectivity index (χ2v) is 8.12. The molecule has 1 unspecified atom stereocenters. The highest BCUT2D eigenvalue weighted by atomic mass is 16.5. The van der Waals surface area contributed by atoms with Crippen molar-refractivity contribution in [3.63, 3.8) is 0 Å². The van der Waals surface area contributed by atoms with Crippen molar-refractivity contribution in [3.8, 4) is 5.75 Å². The van der Waals surface area contributed by atoms with Gasteiger partial charge in [-0.1, -0.05) is 12.1 Å². The van der Waals surface area contributed by atoms with Gasteiger partial charge in [0.25, 0.3) is 0 Å². The van der Waals surface area contributed by atoms with Crippen molar-refractivity contribution in [2.45, 2.75) is 32.1 Å². The molecule has 6 nitrogen and oxygen atoms in total. The van der Waals surface area contributed by atoms with Gasteiger partial charge >= 0.3 is 0 Å². The Morgan fingerprint density at radius 3 is 2.93 bits per heavy atom. The first-order chi connectivity index (χ1) is 13.6. The minimum Gasteiger partial charge on any atom is -0.494 e. The maximum absolute atomic E-state index is 12.3. The number of rotatable bonds is 5. The van der Waals surface area contributed by atoms with Crippen LogP contribution >= 0.6 is 0 Å². The number of aliphatic hydroxyl groups excluding tert-OH is 1. The molecule has 1 aromatic carbocycles. The van der Waals surface area contributed by atoms with Crippen LogP contribution in [0.5, 0.6) is 5.75 Å². The molecule has 1 aromatic heterocycles. The summed E-state index contributed by atoms with van der Waals surface area (Å²) < 4.78 is 5.50. The Morgan fingerprint density at radius 1 is 1.21 bits per heavy atom. The predicted molar refractivity (Wildman–Crippen MR) is 110 cm³/mol. The van der Waals surface area contributed by atoms with E-state index in [1.807, 2.05) is 17.0 Å². The Balaban J connectivity index is 1.57. The number of carbonyl (C=O) groups is 1. The highest BCUT2D eigenvalue weighted by Gasteiger charge is 2.41. The van der Waals surface area contributed by atoms with E-state index in [2.05, 4.69) is 23.1 Å². The molecular formula is C22H29N3O3. The molecule has 1 atom stereocenters. The van der Waals surface area contributed by atoms with Gasteiger partial charge in [-0.2, -0.15) is 0 Å². The first-order valence-electron chi connectivity index (χ1n) is 10.2. The number of carbonyl (C=O) groups excluding carboxylic acids is 1. The van der Waals surface area contributed by atoms with E-state index in [-0.39, 0.29) is 17.9 Å². The summed E-state index contributed by atoms with van der Waals surface area (Å²) >= 11 is 0. The number of amides is 1. The summed E-state index contributed by atoms with van der Waals surface area (Å²) in [5, 5.41) is 10.2. The Bertz CT molecular complexity index is 856. The lowest BCUT2D eigenvalue weighted by atomic mass is 9.73. The number of anilines is 1. The van der Waals surface area contributed by atoms with Crippen LogP contribution < -0.4 is 9.64 Å². The second-order valence-electron chi connectivity index (χ2n) is 8.12. The lowest BCUT2D eigenvalue weighted by Crippen LogP contribution is -2.54. The molecule has 1 spiro atoms. The van der Waals surface area contributed by atoms with E-state index in [0.717, 1.165) is 61.4 Å². The quantitative estimate of drug-likeness (QED) is 0.860. The third-order valence-electron chi connectivity index (χ3n) is 6.21. The first kappa shape index (κ1) is 19.0. The van der Waals surface area contributed by atoms with Gasteiger partial charge in [-0.25, -0.2) is 4.98 Å². The monoisotopic (exact) mass is 383 g/mol. The highest BCUT2D eigenvalue weighted by Crippen LogP contribution is 2.40. The van der Waals surface area contributed by atoms with E-state index >= 15 is 0 Å². The first-order valence-corrected chi connectivity index (χ1v) is 10.2. The average Bonchev–Trinajstić information content (AvgIpc) is 2.74. The van der Waals surface area contributed by atoms with Crippen molar-refractivity contribution in [2.75, 3.05) is 44.8 Å². The zero-order chi connectivity index (χ0) is 19.6. The Kier molecular flexibility index (Phi) is 5.40. The molecule has 3 heterocycles. The van der Waals surface area contributed by atoms with E-state index in [4.69, 9.17) is 14.8 Å². The Morgan fingerprint density at radius 2 is 2.11 bits per heavy atom. The van der Waals surface area contributed by atoms with Crippen LogP contribution in [-0.4, -0.2) is 60.8 Å². The van der Waals surface area contributed by atoms with Crippen molar-refractivity contribution in [2.24, 2.45) is 5.41 Å². The van der Waals surface area contributed by atoms with Crippen LogP contribution in [0.3, 0.4) is 0 Å². The number of fused-ring (bicyclic) bond motifs is 1. The van der Waals surface area contributed by atoms with E-state index in [1.54, 1.807) is 7.11 Å². The third kappa shape index (κ3) is 3.65. The summed E-state index contributed by atoms with van der Waals surface area (Å²) in [5.41, 5.74) is 1.02. The molecule has 2 aliphatic heterocycles. The maximum atomic E-state index is 12.3. The fourth-order valence-corrected chi connectivity index (χ4v) is 4.75. The zero-order valence-corrected chi connectivity index (χ0v) is 16.6. The van der Waals surface area contributed by atoms with Crippen molar-refractivity contribution in [1.29, 1.82) is 0 Å². The minimum absolute atomic E-state index is 0.124. The van der Waals surface area contributed by atoms with E-state index in [0.29, 0.717) is 19.4 Å². The summed E-state index contributed by atoms with van der Waals surface area (Å²) in [4.78, 5) is 21.5. The molecule has 150 valence electrons. The fraction of sp³-hybridized carbons (Fsp3) is 0.545. The summed E-state index contributed by atoms with van der Waals surface area (Å²) in [6.07, 6.45) is 4.45. The van der Waals surface area contributed by atoms with Gasteiger partial charge < -0.3 is 19.6 Å². The lowest BCUT2D eigenvalue weighted by molar-refractivity contribution is -0.138. The zero-order valence-electron chi connectivity index (χ0n) is 16.6. The second kappa shape index (κ2) is 7.95. The number of hydrogen-bond acceptors (Lipinski definition) is 5. The summed E-state index contributed by atoms with van der Waals surface area (Å²) in [6, 6.07) is 10.2. The van der Waals surface area contributed by atoms with Crippen molar-refractivity contribution < 1.29 is 14.6 Å². The van der Waals surface area contributed by atoms with Crippen LogP contribution in [0.25, 0.3) is 10.9 Å². The number of ether oxygens (including phenoxy) is 1. The topological polar surface area (TPSA) is 65.9 Å². The molecule has 1 amide bonds. The normalized spacial score (nSPS) is 22.9. The fourth-order valence-electron chi connectivity index (χ4n) is 4.75. The van der Waals surface area contributed by atoms with Crippen molar-refractivity contribution in [1.82, 2.24) is 9.88 Å². The van der Waals surface area contributed by atoms with Crippen molar-refractivity contribution in [3.05, 3.63) is 30.3 Å². The molecule has 1 N–H and O–H groups in total. The molecule has 6 heteroatoms. The smallest absolute Gasteiger partial charge is 0.222 e. The van der Waals surface area contributed by atoms with Gasteiger partial charge in [-0.3, -0.25) is 4.79 Å². The van der Waals surface area contributed by atoms with E-state index < -0.39 is 0 Å². The predicted octanol–water partition coefficient (Wildman–Crippen LogP) is 2.83. The molecule has 2 aromatic rings. The molecule has 28 heavy (non-hydrogen) atoms. The van der Waals surface area contributed by atoms with Crippen LogP contribution in [0.4, 0.5) is 5.82 Å². The molecule has 0 aliphatic carbocycles. The Labute approximate surface area is 166 Å². The standard InChI is InChI=1S/C22H29N3O3/c1-28-18-6-2-5-17-7-8-19(23-21(17)18)24-12-3-10-22(15-24)11-9-20(27)25(16-22)13-4-14-26/h2,5-8,26H,3-4,9-16H2,1H3. The number of para-hydroxylation sites is 1. The summed E-state index contributed by atoms with van der Waals surface area (Å²) in [7, 11) is 1.68. The molecule has 0 saturated carbocycles. The van der Waals surface area contributed by atoms with Gasteiger partial charge in [0.1, 0.15) is 17.1 Å².